The molecule has 1 atom stereocenters. The van der Waals surface area contributed by atoms with E-state index in [9.17, 15) is 14.4 Å². The maximum atomic E-state index is 12.9. The number of carbonyl (C=O) groups is 3. The van der Waals surface area contributed by atoms with Crippen LogP contribution in [0.25, 0.3) is 0 Å². The van der Waals surface area contributed by atoms with Gasteiger partial charge >= 0.3 is 17.9 Å². The van der Waals surface area contributed by atoms with E-state index in [-0.39, 0.29) is 31.1 Å². The monoisotopic (exact) mass is 947 g/mol. The van der Waals surface area contributed by atoms with Gasteiger partial charge in [-0.05, 0) is 25.2 Å². The Morgan fingerprint density at radius 3 is 0.731 bits per heavy atom. The average molecular weight is 948 g/mol. The van der Waals surface area contributed by atoms with Gasteiger partial charge in [0.15, 0.2) is 6.10 Å². The summed E-state index contributed by atoms with van der Waals surface area (Å²) in [5, 5.41) is 0. The Balaban J connectivity index is 4.27. The number of esters is 3. The summed E-state index contributed by atoms with van der Waals surface area (Å²) in [4.78, 5) is 38.2. The average Bonchev–Trinajstić information content (AvgIpc) is 3.31. The first kappa shape index (κ1) is 65.4. The molecule has 0 aliphatic carbocycles. The molecule has 0 saturated carbocycles. The Bertz CT molecular complexity index is 1010. The summed E-state index contributed by atoms with van der Waals surface area (Å²) >= 11 is 0. The minimum atomic E-state index is -0.762. The molecule has 0 unspecified atom stereocenters. The van der Waals surface area contributed by atoms with Crippen LogP contribution < -0.4 is 0 Å². The van der Waals surface area contributed by atoms with E-state index in [2.05, 4.69) is 27.7 Å². The SMILES string of the molecule is CCCCCCCCCCCCCCCCCCCCC(=O)OC[C@@H](COC(=O)CCCCCCCCCCCCC(C)C)OC(=O)CCCCCCCCCCCCCCCCCCCC. The molecule has 0 aromatic rings. The summed E-state index contributed by atoms with van der Waals surface area (Å²) in [7, 11) is 0. The van der Waals surface area contributed by atoms with Gasteiger partial charge in [0.2, 0.25) is 0 Å². The minimum absolute atomic E-state index is 0.0618. The fourth-order valence-electron chi connectivity index (χ4n) is 9.46. The van der Waals surface area contributed by atoms with Crippen molar-refractivity contribution >= 4 is 17.9 Å². The zero-order valence-corrected chi connectivity index (χ0v) is 45.9. The van der Waals surface area contributed by atoms with Crippen LogP contribution in [0.1, 0.15) is 349 Å². The molecule has 67 heavy (non-hydrogen) atoms. The Kier molecular flexibility index (Phi) is 54.0. The lowest BCUT2D eigenvalue weighted by Crippen LogP contribution is -2.30. The van der Waals surface area contributed by atoms with Gasteiger partial charge in [0.1, 0.15) is 13.2 Å². The van der Waals surface area contributed by atoms with Gasteiger partial charge in [-0.15, -0.1) is 0 Å². The molecule has 0 N–H and O–H groups in total. The van der Waals surface area contributed by atoms with E-state index in [0.29, 0.717) is 19.3 Å². The Morgan fingerprint density at radius 1 is 0.284 bits per heavy atom. The standard InChI is InChI=1S/C61H118O6/c1-5-7-9-11-13-15-17-19-21-23-25-27-29-31-36-40-44-48-52-59(62)65-55-58(56-66-60(63)53-49-45-41-37-34-33-35-39-43-47-51-57(3)4)67-61(64)54-50-46-42-38-32-30-28-26-24-22-20-18-16-14-12-10-8-6-2/h57-58H,5-56H2,1-4H3/t58-/m0/s1. The van der Waals surface area contributed by atoms with Gasteiger partial charge in [-0.2, -0.15) is 0 Å². The lowest BCUT2D eigenvalue weighted by Gasteiger charge is -2.18. The number of rotatable bonds is 56. The van der Waals surface area contributed by atoms with Crippen molar-refractivity contribution in [3.8, 4) is 0 Å². The Morgan fingerprint density at radius 2 is 0.493 bits per heavy atom. The molecule has 6 heteroatoms. The zero-order valence-electron chi connectivity index (χ0n) is 45.9. The van der Waals surface area contributed by atoms with Gasteiger partial charge in [-0.1, -0.05) is 310 Å². The van der Waals surface area contributed by atoms with Crippen molar-refractivity contribution in [3.05, 3.63) is 0 Å². The van der Waals surface area contributed by atoms with Crippen LogP contribution in [0.3, 0.4) is 0 Å². The molecule has 398 valence electrons. The topological polar surface area (TPSA) is 78.9 Å². The molecule has 0 aliphatic rings. The third-order valence-corrected chi connectivity index (χ3v) is 14.0. The second kappa shape index (κ2) is 55.3. The number of hydrogen-bond donors (Lipinski definition) is 0. The van der Waals surface area contributed by atoms with Crippen molar-refractivity contribution in [2.45, 2.75) is 355 Å². The summed E-state index contributed by atoms with van der Waals surface area (Å²) in [6.07, 6.45) is 61.0. The number of hydrogen-bond acceptors (Lipinski definition) is 6. The van der Waals surface area contributed by atoms with Gasteiger partial charge in [0, 0.05) is 19.3 Å². The third kappa shape index (κ3) is 55.2. The van der Waals surface area contributed by atoms with E-state index in [1.54, 1.807) is 0 Å². The number of unbranched alkanes of at least 4 members (excludes halogenated alkanes) is 43. The molecule has 0 aromatic heterocycles. The van der Waals surface area contributed by atoms with E-state index >= 15 is 0 Å². The van der Waals surface area contributed by atoms with E-state index in [0.717, 1.165) is 63.7 Å². The van der Waals surface area contributed by atoms with Crippen molar-refractivity contribution in [1.82, 2.24) is 0 Å². The quantitative estimate of drug-likeness (QED) is 0.0343. The minimum Gasteiger partial charge on any atom is -0.462 e. The second-order valence-corrected chi connectivity index (χ2v) is 21.5. The van der Waals surface area contributed by atoms with E-state index in [4.69, 9.17) is 14.2 Å². The maximum Gasteiger partial charge on any atom is 0.306 e. The smallest absolute Gasteiger partial charge is 0.306 e. The highest BCUT2D eigenvalue weighted by molar-refractivity contribution is 5.71. The number of carbonyl (C=O) groups excluding carboxylic acids is 3. The van der Waals surface area contributed by atoms with Crippen molar-refractivity contribution in [1.29, 1.82) is 0 Å². The first-order valence-corrected chi connectivity index (χ1v) is 30.4. The first-order valence-electron chi connectivity index (χ1n) is 30.4. The molecule has 0 amide bonds. The molecule has 6 nitrogen and oxygen atoms in total. The molecule has 0 rings (SSSR count). The fourth-order valence-corrected chi connectivity index (χ4v) is 9.46. The van der Waals surface area contributed by atoms with Gasteiger partial charge in [-0.3, -0.25) is 14.4 Å². The summed E-state index contributed by atoms with van der Waals surface area (Å²) in [5.41, 5.74) is 0. The zero-order chi connectivity index (χ0) is 48.8. The van der Waals surface area contributed by atoms with Crippen LogP contribution in [0.2, 0.25) is 0 Å². The van der Waals surface area contributed by atoms with Gasteiger partial charge in [0.25, 0.3) is 0 Å². The third-order valence-electron chi connectivity index (χ3n) is 14.0. The predicted molar refractivity (Wildman–Crippen MR) is 289 cm³/mol. The molecule has 0 aliphatic heterocycles. The molecule has 0 spiro atoms. The summed E-state index contributed by atoms with van der Waals surface area (Å²) in [6, 6.07) is 0. The highest BCUT2D eigenvalue weighted by atomic mass is 16.6. The molecular formula is C61H118O6. The van der Waals surface area contributed by atoms with Crippen LogP contribution in [0.15, 0.2) is 0 Å². The Labute approximate surface area is 418 Å². The van der Waals surface area contributed by atoms with Crippen LogP contribution in [0.5, 0.6) is 0 Å². The molecule has 0 fully saturated rings. The molecular weight excluding hydrogens is 829 g/mol. The normalized spacial score (nSPS) is 12.0. The van der Waals surface area contributed by atoms with Crippen LogP contribution in [-0.4, -0.2) is 37.2 Å². The van der Waals surface area contributed by atoms with Gasteiger partial charge in [0.05, 0.1) is 0 Å². The van der Waals surface area contributed by atoms with E-state index in [1.165, 1.54) is 244 Å². The van der Waals surface area contributed by atoms with Crippen LogP contribution in [0.4, 0.5) is 0 Å². The summed E-state index contributed by atoms with van der Waals surface area (Å²) in [6.45, 7) is 9.06. The fraction of sp³-hybridized carbons (Fsp3) is 0.951. The lowest BCUT2D eigenvalue weighted by molar-refractivity contribution is -0.167. The Hall–Kier alpha value is -1.59. The van der Waals surface area contributed by atoms with Gasteiger partial charge in [-0.25, -0.2) is 0 Å². The maximum absolute atomic E-state index is 12.9. The highest BCUT2D eigenvalue weighted by Gasteiger charge is 2.19. The predicted octanol–water partition coefficient (Wildman–Crippen LogP) is 20.2. The van der Waals surface area contributed by atoms with Crippen LogP contribution >= 0.6 is 0 Å². The van der Waals surface area contributed by atoms with Crippen molar-refractivity contribution in [2.75, 3.05) is 13.2 Å². The molecule has 0 aromatic carbocycles. The highest BCUT2D eigenvalue weighted by Crippen LogP contribution is 2.18. The summed E-state index contributed by atoms with van der Waals surface area (Å²) in [5.74, 6) is -0.0146. The van der Waals surface area contributed by atoms with Crippen LogP contribution in [0, 0.1) is 5.92 Å². The molecule has 0 saturated heterocycles. The lowest BCUT2D eigenvalue weighted by atomic mass is 10.0. The summed E-state index contributed by atoms with van der Waals surface area (Å²) < 4.78 is 16.9. The largest absolute Gasteiger partial charge is 0.462 e. The van der Waals surface area contributed by atoms with Crippen molar-refractivity contribution in [3.63, 3.8) is 0 Å². The van der Waals surface area contributed by atoms with Gasteiger partial charge < -0.3 is 14.2 Å². The first-order chi connectivity index (χ1) is 32.9. The van der Waals surface area contributed by atoms with E-state index < -0.39 is 6.10 Å². The van der Waals surface area contributed by atoms with Crippen LogP contribution in [-0.2, 0) is 28.6 Å². The molecule has 0 bridgehead atoms. The molecule has 0 heterocycles. The van der Waals surface area contributed by atoms with Crippen molar-refractivity contribution in [2.24, 2.45) is 5.92 Å². The number of ether oxygens (including phenoxy) is 3. The molecule has 0 radical (unpaired) electrons. The van der Waals surface area contributed by atoms with E-state index in [1.807, 2.05) is 0 Å². The second-order valence-electron chi connectivity index (χ2n) is 21.5. The van der Waals surface area contributed by atoms with Crippen molar-refractivity contribution < 1.29 is 28.6 Å².